The third kappa shape index (κ3) is 8.97. The van der Waals surface area contributed by atoms with Crippen LogP contribution in [0.15, 0.2) is 29.8 Å². The Morgan fingerprint density at radius 1 is 1.18 bits per heavy atom. The number of aliphatic hydroxyl groups is 1. The lowest BCUT2D eigenvalue weighted by atomic mass is 9.85. The molecule has 2 heterocycles. The average molecular weight is 595 g/mol. The smallest absolute Gasteiger partial charge is 0.246 e. The van der Waals surface area contributed by atoms with Gasteiger partial charge in [0.1, 0.15) is 18.7 Å². The van der Waals surface area contributed by atoms with Crippen LogP contribution in [0.4, 0.5) is 0 Å². The standard InChI is InChI=1S/C28H39ClN4O6S/c1-18-24(40-17-31-18)20-7-5-19(6-8-20)14-30-26(36)22-13-21(34)15-33(22)27(37)25(28(2,3)4)32-23(35)16-39-12-11-38-10-9-29/h5-8,17,21-22,25,34H,9-16H2,1-4H3,(H,30,36)(H,32,35)/t21-,22+,25-/m1/s1. The first-order valence-electron chi connectivity index (χ1n) is 13.3. The van der Waals surface area contributed by atoms with Gasteiger partial charge in [-0.05, 0) is 23.5 Å². The van der Waals surface area contributed by atoms with Crippen LogP contribution >= 0.6 is 22.9 Å². The first-order chi connectivity index (χ1) is 19.0. The van der Waals surface area contributed by atoms with Gasteiger partial charge in [0.05, 0.1) is 42.0 Å². The maximum atomic E-state index is 13.6. The summed E-state index contributed by atoms with van der Waals surface area (Å²) in [5.41, 5.74) is 4.10. The van der Waals surface area contributed by atoms with E-state index in [1.54, 1.807) is 11.3 Å². The predicted molar refractivity (Wildman–Crippen MR) is 154 cm³/mol. The molecular formula is C28H39ClN4O6S. The van der Waals surface area contributed by atoms with E-state index in [1.165, 1.54) is 4.90 Å². The molecule has 0 saturated carbocycles. The largest absolute Gasteiger partial charge is 0.391 e. The molecule has 3 atom stereocenters. The Kier molecular flexibility index (Phi) is 11.9. The van der Waals surface area contributed by atoms with Crippen molar-refractivity contribution in [2.24, 2.45) is 5.41 Å². The van der Waals surface area contributed by atoms with E-state index in [-0.39, 0.29) is 38.6 Å². The summed E-state index contributed by atoms with van der Waals surface area (Å²) in [6.45, 7) is 8.42. The number of rotatable bonds is 13. The van der Waals surface area contributed by atoms with Gasteiger partial charge >= 0.3 is 0 Å². The number of ether oxygens (including phenoxy) is 2. The first kappa shape index (κ1) is 32.0. The number of likely N-dealkylation sites (tertiary alicyclic amines) is 1. The van der Waals surface area contributed by atoms with Gasteiger partial charge in [-0.1, -0.05) is 45.0 Å². The van der Waals surface area contributed by atoms with Crippen molar-refractivity contribution >= 4 is 40.7 Å². The van der Waals surface area contributed by atoms with Crippen LogP contribution in [-0.2, 0) is 30.4 Å². The minimum absolute atomic E-state index is 0.0106. The first-order valence-corrected chi connectivity index (χ1v) is 14.7. The number of aryl methyl sites for hydroxylation is 1. The Morgan fingerprint density at radius 2 is 1.88 bits per heavy atom. The van der Waals surface area contributed by atoms with Gasteiger partial charge in [0, 0.05) is 25.4 Å². The number of hydrogen-bond donors (Lipinski definition) is 3. The number of alkyl halides is 1. The van der Waals surface area contributed by atoms with Gasteiger partial charge in [-0.2, -0.15) is 0 Å². The Balaban J connectivity index is 1.59. The van der Waals surface area contributed by atoms with Crippen molar-refractivity contribution in [2.45, 2.75) is 58.8 Å². The molecule has 40 heavy (non-hydrogen) atoms. The molecule has 10 nitrogen and oxygen atoms in total. The number of hydrogen-bond acceptors (Lipinski definition) is 8. The van der Waals surface area contributed by atoms with Crippen molar-refractivity contribution in [1.82, 2.24) is 20.5 Å². The van der Waals surface area contributed by atoms with E-state index in [2.05, 4.69) is 15.6 Å². The number of nitrogens with zero attached hydrogens (tertiary/aromatic N) is 2. The van der Waals surface area contributed by atoms with E-state index < -0.39 is 35.4 Å². The Labute approximate surface area is 244 Å². The lowest BCUT2D eigenvalue weighted by Crippen LogP contribution is -2.58. The number of carbonyl (C=O) groups is 3. The normalized spacial score (nSPS) is 18.0. The highest BCUT2D eigenvalue weighted by Gasteiger charge is 2.44. The van der Waals surface area contributed by atoms with Crippen LogP contribution in [0.3, 0.4) is 0 Å². The summed E-state index contributed by atoms with van der Waals surface area (Å²) in [6, 6.07) is 6.10. The van der Waals surface area contributed by atoms with Crippen molar-refractivity contribution < 1.29 is 29.0 Å². The lowest BCUT2D eigenvalue weighted by molar-refractivity contribution is -0.144. The van der Waals surface area contributed by atoms with E-state index in [9.17, 15) is 19.5 Å². The minimum atomic E-state index is -0.917. The highest BCUT2D eigenvalue weighted by atomic mass is 35.5. The van der Waals surface area contributed by atoms with Crippen LogP contribution in [0.25, 0.3) is 10.4 Å². The Bertz CT molecular complexity index is 1140. The van der Waals surface area contributed by atoms with Gasteiger partial charge in [-0.3, -0.25) is 14.4 Å². The van der Waals surface area contributed by atoms with Gasteiger partial charge in [0.2, 0.25) is 17.7 Å². The number of nitrogens with one attached hydrogen (secondary N) is 2. The van der Waals surface area contributed by atoms with Crippen molar-refractivity contribution in [3.05, 3.63) is 41.0 Å². The van der Waals surface area contributed by atoms with Crippen molar-refractivity contribution in [1.29, 1.82) is 0 Å². The average Bonchev–Trinajstić information content (AvgIpc) is 3.52. The van der Waals surface area contributed by atoms with Gasteiger partial charge in [-0.25, -0.2) is 4.98 Å². The van der Waals surface area contributed by atoms with E-state index >= 15 is 0 Å². The third-order valence-corrected chi connectivity index (χ3v) is 7.67. The van der Waals surface area contributed by atoms with Crippen LogP contribution in [0.2, 0.25) is 0 Å². The fourth-order valence-corrected chi connectivity index (χ4v) is 5.34. The van der Waals surface area contributed by atoms with Crippen LogP contribution < -0.4 is 10.6 Å². The lowest BCUT2D eigenvalue weighted by Gasteiger charge is -2.35. The number of aliphatic hydroxyl groups excluding tert-OH is 1. The van der Waals surface area contributed by atoms with Crippen molar-refractivity contribution in [2.75, 3.05) is 38.9 Å². The second-order valence-corrected chi connectivity index (χ2v) is 12.0. The predicted octanol–water partition coefficient (Wildman–Crippen LogP) is 2.50. The number of amides is 3. The van der Waals surface area contributed by atoms with E-state index in [4.69, 9.17) is 21.1 Å². The number of carbonyl (C=O) groups excluding carboxylic acids is 3. The molecule has 12 heteroatoms. The summed E-state index contributed by atoms with van der Waals surface area (Å²) in [5, 5.41) is 16.0. The molecule has 3 amide bonds. The molecule has 0 spiro atoms. The number of β-amino-alcohol motifs (C(OH)–C–C–N with tert-alkyl or cyclic N) is 1. The topological polar surface area (TPSA) is 130 Å². The highest BCUT2D eigenvalue weighted by molar-refractivity contribution is 7.13. The third-order valence-electron chi connectivity index (χ3n) is 6.54. The summed E-state index contributed by atoms with van der Waals surface area (Å²) < 4.78 is 10.5. The van der Waals surface area contributed by atoms with Gasteiger partial charge < -0.3 is 30.1 Å². The Morgan fingerprint density at radius 3 is 2.50 bits per heavy atom. The molecule has 0 unspecified atom stereocenters. The van der Waals surface area contributed by atoms with Crippen molar-refractivity contribution in [3.8, 4) is 10.4 Å². The monoisotopic (exact) mass is 594 g/mol. The van der Waals surface area contributed by atoms with Crippen LogP contribution in [0, 0.1) is 12.3 Å². The summed E-state index contributed by atoms with van der Waals surface area (Å²) >= 11 is 7.13. The minimum Gasteiger partial charge on any atom is -0.391 e. The van der Waals surface area contributed by atoms with Crippen LogP contribution in [0.1, 0.15) is 38.4 Å². The molecule has 2 aromatic rings. The van der Waals surface area contributed by atoms with Gasteiger partial charge in [0.25, 0.3) is 0 Å². The maximum absolute atomic E-state index is 13.6. The second kappa shape index (κ2) is 14.9. The van der Waals surface area contributed by atoms with Gasteiger partial charge in [0.15, 0.2) is 0 Å². The molecule has 220 valence electrons. The molecule has 1 aliphatic rings. The molecule has 1 aromatic carbocycles. The van der Waals surface area contributed by atoms with E-state index in [0.717, 1.165) is 21.7 Å². The second-order valence-electron chi connectivity index (χ2n) is 10.8. The Hall–Kier alpha value is -2.57. The molecule has 3 N–H and O–H groups in total. The summed E-state index contributed by atoms with van der Waals surface area (Å²) in [4.78, 5) is 46.1. The number of benzene rings is 1. The zero-order valence-electron chi connectivity index (χ0n) is 23.4. The molecule has 1 aliphatic heterocycles. The highest BCUT2D eigenvalue weighted by Crippen LogP contribution is 2.28. The quantitative estimate of drug-likeness (QED) is 0.240. The fraction of sp³-hybridized carbons (Fsp3) is 0.571. The zero-order valence-corrected chi connectivity index (χ0v) is 25.0. The molecule has 0 bridgehead atoms. The summed E-state index contributed by atoms with van der Waals surface area (Å²) in [5.74, 6) is -0.858. The van der Waals surface area contributed by atoms with Gasteiger partial charge in [-0.15, -0.1) is 22.9 Å². The van der Waals surface area contributed by atoms with E-state index in [0.29, 0.717) is 19.1 Å². The maximum Gasteiger partial charge on any atom is 0.246 e. The molecule has 1 saturated heterocycles. The molecule has 3 rings (SSSR count). The summed E-state index contributed by atoms with van der Waals surface area (Å²) in [6.07, 6.45) is -0.716. The number of halogens is 1. The zero-order chi connectivity index (χ0) is 29.3. The van der Waals surface area contributed by atoms with E-state index in [1.807, 2.05) is 57.5 Å². The number of aromatic nitrogens is 1. The molecule has 0 radical (unpaired) electrons. The fourth-order valence-electron chi connectivity index (χ4n) is 4.42. The van der Waals surface area contributed by atoms with Crippen LogP contribution in [-0.4, -0.2) is 89.8 Å². The SMILES string of the molecule is Cc1ncsc1-c1ccc(CNC(=O)[C@@H]2C[C@@H](O)CN2C(=O)[C@@H](NC(=O)COCCOCCCl)C(C)(C)C)cc1. The molecular weight excluding hydrogens is 556 g/mol. The van der Waals surface area contributed by atoms with Crippen LogP contribution in [0.5, 0.6) is 0 Å². The molecule has 0 aliphatic carbocycles. The van der Waals surface area contributed by atoms with Crippen molar-refractivity contribution in [3.63, 3.8) is 0 Å². The summed E-state index contributed by atoms with van der Waals surface area (Å²) in [7, 11) is 0. The molecule has 1 fully saturated rings. The number of thiazole rings is 1. The molecule has 1 aromatic heterocycles.